The third kappa shape index (κ3) is 7.28. The standard InChI is InChI=1S/C36H43Cl2N3O2/c1-27(2)33(42)39-36(29-13-7-4-8-14-29)19-23-40(24-20-36)21-9-17-35(30-15-16-31(37)32(38)25-30)18-10-22-41(26-35)34(43)28-11-5-3-6-12-28/h3-8,11-16,25,27H,9-10,17-24,26H2,1-2H3,(H,39,42). The first-order chi connectivity index (χ1) is 20.7. The van der Waals surface area contributed by atoms with Crippen molar-refractivity contribution in [1.82, 2.24) is 15.1 Å². The van der Waals surface area contributed by atoms with Crippen molar-refractivity contribution in [3.63, 3.8) is 0 Å². The normalized spacial score (nSPS) is 20.6. The van der Waals surface area contributed by atoms with Crippen molar-refractivity contribution in [2.24, 2.45) is 5.92 Å². The Bertz CT molecular complexity index is 1390. The van der Waals surface area contributed by atoms with Crippen LogP contribution in [-0.2, 0) is 15.7 Å². The van der Waals surface area contributed by atoms with Crippen LogP contribution in [0.25, 0.3) is 0 Å². The summed E-state index contributed by atoms with van der Waals surface area (Å²) in [5, 5.41) is 4.52. The molecule has 2 fully saturated rings. The highest BCUT2D eigenvalue weighted by Crippen LogP contribution is 2.41. The molecule has 2 heterocycles. The van der Waals surface area contributed by atoms with E-state index in [1.807, 2.05) is 67.3 Å². The molecule has 2 amide bonds. The van der Waals surface area contributed by atoms with E-state index in [0.717, 1.165) is 75.8 Å². The molecule has 0 bridgehead atoms. The molecule has 2 aliphatic heterocycles. The molecule has 1 unspecified atom stereocenters. The third-order valence-corrected chi connectivity index (χ3v) is 10.2. The Balaban J connectivity index is 1.29. The minimum Gasteiger partial charge on any atom is -0.346 e. The van der Waals surface area contributed by atoms with Gasteiger partial charge in [-0.25, -0.2) is 0 Å². The first-order valence-electron chi connectivity index (χ1n) is 15.6. The Morgan fingerprint density at radius 2 is 1.51 bits per heavy atom. The van der Waals surface area contributed by atoms with Gasteiger partial charge in [-0.15, -0.1) is 0 Å². The van der Waals surface area contributed by atoms with Crippen LogP contribution < -0.4 is 5.32 Å². The second-order valence-corrected chi connectivity index (χ2v) is 13.5. The fourth-order valence-electron chi connectivity index (χ4n) is 6.90. The van der Waals surface area contributed by atoms with Crippen molar-refractivity contribution in [1.29, 1.82) is 0 Å². The first-order valence-corrected chi connectivity index (χ1v) is 16.4. The van der Waals surface area contributed by atoms with Crippen LogP contribution in [0.15, 0.2) is 78.9 Å². The van der Waals surface area contributed by atoms with Crippen LogP contribution in [-0.4, -0.2) is 54.3 Å². The van der Waals surface area contributed by atoms with Gasteiger partial charge in [0.25, 0.3) is 5.91 Å². The summed E-state index contributed by atoms with van der Waals surface area (Å²) in [6, 6.07) is 26.0. The molecule has 5 nitrogen and oxygen atoms in total. The number of rotatable bonds is 9. The molecule has 5 rings (SSSR count). The minimum atomic E-state index is -0.331. The molecule has 7 heteroatoms. The van der Waals surface area contributed by atoms with Gasteiger partial charge in [0.05, 0.1) is 15.6 Å². The molecule has 0 aliphatic carbocycles. The second kappa shape index (κ2) is 13.8. The van der Waals surface area contributed by atoms with Gasteiger partial charge in [-0.1, -0.05) is 91.6 Å². The van der Waals surface area contributed by atoms with Gasteiger partial charge >= 0.3 is 0 Å². The molecule has 1 N–H and O–H groups in total. The van der Waals surface area contributed by atoms with Crippen LogP contribution in [0.5, 0.6) is 0 Å². The molecule has 2 saturated heterocycles. The monoisotopic (exact) mass is 619 g/mol. The summed E-state index contributed by atoms with van der Waals surface area (Å²) in [6.07, 6.45) is 5.66. The Hall–Kier alpha value is -2.86. The number of nitrogens with zero attached hydrogens (tertiary/aromatic N) is 2. The zero-order chi connectivity index (χ0) is 30.5. The summed E-state index contributed by atoms with van der Waals surface area (Å²) in [4.78, 5) is 30.9. The van der Waals surface area contributed by atoms with E-state index in [9.17, 15) is 9.59 Å². The lowest BCUT2D eigenvalue weighted by Crippen LogP contribution is -2.54. The maximum Gasteiger partial charge on any atom is 0.253 e. The summed E-state index contributed by atoms with van der Waals surface area (Å²) in [6.45, 7) is 8.14. The predicted molar refractivity (Wildman–Crippen MR) is 176 cm³/mol. The molecular formula is C36H43Cl2N3O2. The van der Waals surface area contributed by atoms with Gasteiger partial charge in [0.1, 0.15) is 0 Å². The number of amides is 2. The van der Waals surface area contributed by atoms with Crippen molar-refractivity contribution >= 4 is 35.0 Å². The van der Waals surface area contributed by atoms with Crippen molar-refractivity contribution in [3.05, 3.63) is 106 Å². The van der Waals surface area contributed by atoms with Gasteiger partial charge in [-0.05, 0) is 80.5 Å². The van der Waals surface area contributed by atoms with Crippen LogP contribution in [0.4, 0.5) is 0 Å². The summed E-state index contributed by atoms with van der Waals surface area (Å²) in [7, 11) is 0. The average molecular weight is 621 g/mol. The lowest BCUT2D eigenvalue weighted by atomic mass is 9.70. The molecule has 2 aliphatic rings. The number of halogens is 2. The zero-order valence-corrected chi connectivity index (χ0v) is 26.8. The molecule has 3 aromatic rings. The van der Waals surface area contributed by atoms with Crippen LogP contribution in [0, 0.1) is 5.92 Å². The van der Waals surface area contributed by atoms with Gasteiger partial charge in [0, 0.05) is 43.1 Å². The summed E-state index contributed by atoms with van der Waals surface area (Å²) in [5.74, 6) is 0.134. The Kier molecular flexibility index (Phi) is 10.2. The van der Waals surface area contributed by atoms with Gasteiger partial charge in [-0.3, -0.25) is 9.59 Å². The van der Waals surface area contributed by atoms with Crippen molar-refractivity contribution in [3.8, 4) is 0 Å². The van der Waals surface area contributed by atoms with Crippen molar-refractivity contribution in [2.45, 2.75) is 63.3 Å². The molecule has 0 spiro atoms. The van der Waals surface area contributed by atoms with Gasteiger partial charge in [0.2, 0.25) is 5.91 Å². The van der Waals surface area contributed by atoms with Crippen LogP contribution in [0.1, 0.15) is 73.9 Å². The maximum atomic E-state index is 13.5. The molecular weight excluding hydrogens is 577 g/mol. The molecule has 0 saturated carbocycles. The predicted octanol–water partition coefficient (Wildman–Crippen LogP) is 7.71. The number of benzene rings is 3. The van der Waals surface area contributed by atoms with Crippen molar-refractivity contribution < 1.29 is 9.59 Å². The zero-order valence-electron chi connectivity index (χ0n) is 25.3. The van der Waals surface area contributed by atoms with Crippen LogP contribution >= 0.6 is 23.2 Å². The van der Waals surface area contributed by atoms with E-state index in [-0.39, 0.29) is 28.7 Å². The lowest BCUT2D eigenvalue weighted by Gasteiger charge is -2.45. The fraction of sp³-hybridized carbons (Fsp3) is 0.444. The highest BCUT2D eigenvalue weighted by Gasteiger charge is 2.40. The molecule has 1 atom stereocenters. The van der Waals surface area contributed by atoms with Gasteiger partial charge in [0.15, 0.2) is 0 Å². The SMILES string of the molecule is CC(C)C(=O)NC1(c2ccccc2)CCN(CCCC2(c3ccc(Cl)c(Cl)c3)CCCN(C(=O)c3ccccc3)C2)CC1. The number of carbonyl (C=O) groups is 2. The number of carbonyl (C=O) groups excluding carboxylic acids is 2. The number of nitrogens with one attached hydrogen (secondary N) is 1. The fourth-order valence-corrected chi connectivity index (χ4v) is 7.20. The molecule has 0 radical (unpaired) electrons. The molecule has 43 heavy (non-hydrogen) atoms. The highest BCUT2D eigenvalue weighted by molar-refractivity contribution is 6.42. The quantitative estimate of drug-likeness (QED) is 0.267. The van der Waals surface area contributed by atoms with Crippen LogP contribution in [0.2, 0.25) is 10.0 Å². The third-order valence-electron chi connectivity index (χ3n) is 9.47. The van der Waals surface area contributed by atoms with E-state index in [1.165, 1.54) is 5.56 Å². The highest BCUT2D eigenvalue weighted by atomic mass is 35.5. The lowest BCUT2D eigenvalue weighted by molar-refractivity contribution is -0.126. The number of likely N-dealkylation sites (tertiary alicyclic amines) is 2. The van der Waals surface area contributed by atoms with E-state index >= 15 is 0 Å². The molecule has 0 aromatic heterocycles. The van der Waals surface area contributed by atoms with Crippen LogP contribution in [0.3, 0.4) is 0 Å². The van der Waals surface area contributed by atoms with Gasteiger partial charge < -0.3 is 15.1 Å². The number of hydrogen-bond acceptors (Lipinski definition) is 3. The van der Waals surface area contributed by atoms with E-state index in [1.54, 1.807) is 0 Å². The summed E-state index contributed by atoms with van der Waals surface area (Å²) in [5.41, 5.74) is 2.55. The summed E-state index contributed by atoms with van der Waals surface area (Å²) >= 11 is 12.8. The number of hydrogen-bond donors (Lipinski definition) is 1. The van der Waals surface area contributed by atoms with Gasteiger partial charge in [-0.2, -0.15) is 0 Å². The smallest absolute Gasteiger partial charge is 0.253 e. The van der Waals surface area contributed by atoms with E-state index in [2.05, 4.69) is 40.5 Å². The second-order valence-electron chi connectivity index (χ2n) is 12.6. The maximum absolute atomic E-state index is 13.5. The number of piperidine rings is 2. The average Bonchev–Trinajstić information content (AvgIpc) is 3.03. The Morgan fingerprint density at radius 1 is 0.837 bits per heavy atom. The van der Waals surface area contributed by atoms with Crippen molar-refractivity contribution in [2.75, 3.05) is 32.7 Å². The Labute approximate surface area is 266 Å². The molecule has 3 aromatic carbocycles. The topological polar surface area (TPSA) is 52.7 Å². The van der Waals surface area contributed by atoms with E-state index in [0.29, 0.717) is 16.6 Å². The van der Waals surface area contributed by atoms with E-state index < -0.39 is 0 Å². The van der Waals surface area contributed by atoms with E-state index in [4.69, 9.17) is 23.2 Å². The first kappa shape index (κ1) is 31.6. The summed E-state index contributed by atoms with van der Waals surface area (Å²) < 4.78 is 0. The molecule has 228 valence electrons. The Morgan fingerprint density at radius 3 is 2.16 bits per heavy atom. The minimum absolute atomic E-state index is 0.0555. The largest absolute Gasteiger partial charge is 0.346 e.